The van der Waals surface area contributed by atoms with E-state index >= 15 is 0 Å². The fraction of sp³-hybridized carbons (Fsp3) is 0.529. The van der Waals surface area contributed by atoms with Crippen molar-refractivity contribution in [3.05, 3.63) is 53.3 Å². The molecule has 51 heavy (non-hydrogen) atoms. The minimum absolute atomic E-state index is 0.0171. The van der Waals surface area contributed by atoms with Crippen LogP contribution in [0.1, 0.15) is 65.2 Å². The number of nitriles is 1. The third-order valence-corrected chi connectivity index (χ3v) is 10.3. The minimum Gasteiger partial charge on any atom is -0.427 e. The largest absolute Gasteiger partial charge is 0.427 e. The number of benzene rings is 1. The van der Waals surface area contributed by atoms with Gasteiger partial charge in [0.05, 0.1) is 17.7 Å². The molecule has 3 heterocycles. The van der Waals surface area contributed by atoms with Gasteiger partial charge in [0.2, 0.25) is 6.79 Å². The topological polar surface area (TPSA) is 201 Å². The van der Waals surface area contributed by atoms with Crippen LogP contribution < -0.4 is 9.84 Å². The van der Waals surface area contributed by atoms with E-state index in [4.69, 9.17) is 39.6 Å². The first-order valence-corrected chi connectivity index (χ1v) is 18.6. The van der Waals surface area contributed by atoms with Gasteiger partial charge >= 0.3 is 19.5 Å². The van der Waals surface area contributed by atoms with Gasteiger partial charge < -0.3 is 43.6 Å². The fourth-order valence-corrected chi connectivity index (χ4v) is 7.44. The van der Waals surface area contributed by atoms with Crippen LogP contribution in [0.5, 0.6) is 5.75 Å². The zero-order valence-electron chi connectivity index (χ0n) is 28.7. The number of aliphatic hydroxyl groups is 2. The molecule has 276 valence electrons. The number of fused-ring (bicyclic) bond motifs is 1. The standard InChI is InChI=1S/C34H42ClN4O11P/c1-20(32(42)46-18-47-33(43)34(2,3)4)49-51(44,50-22-12-6-5-7-13-22)19-45-17-25-27(40)28(41)31(48-25)39-15-14-23-26(37-21-10-8-9-11-21)24(16-36)29(35)38-30(23)39/h5-7,12-15,20-21,25,27-28,31,40-41H,8-11,17-19H2,1-4H3,(H,37,38)/t20-,25+,27+,28+,31+,51?/m0/s1. The van der Waals surface area contributed by atoms with Crippen LogP contribution in [0.2, 0.25) is 5.15 Å². The maximum Gasteiger partial charge on any atom is 0.405 e. The van der Waals surface area contributed by atoms with E-state index in [1.54, 1.807) is 51.2 Å². The van der Waals surface area contributed by atoms with E-state index in [0.29, 0.717) is 16.7 Å². The fourth-order valence-electron chi connectivity index (χ4n) is 5.73. The van der Waals surface area contributed by atoms with Crippen molar-refractivity contribution in [1.29, 1.82) is 5.26 Å². The van der Waals surface area contributed by atoms with Crippen molar-refractivity contribution in [3.63, 3.8) is 0 Å². The second-order valence-electron chi connectivity index (χ2n) is 13.4. The molecule has 17 heteroatoms. The first-order valence-electron chi connectivity index (χ1n) is 16.5. The van der Waals surface area contributed by atoms with Gasteiger partial charge in [-0.05, 0) is 58.7 Å². The number of esters is 2. The minimum atomic E-state index is -4.24. The van der Waals surface area contributed by atoms with Crippen LogP contribution in [0.3, 0.4) is 0 Å². The number of hydrogen-bond acceptors (Lipinski definition) is 14. The van der Waals surface area contributed by atoms with Crippen molar-refractivity contribution < 1.29 is 52.4 Å². The average molecular weight is 749 g/mol. The Morgan fingerprint density at radius 3 is 2.53 bits per heavy atom. The Hall–Kier alpha value is -3.74. The third-order valence-electron chi connectivity index (χ3n) is 8.42. The molecule has 0 radical (unpaired) electrons. The summed E-state index contributed by atoms with van der Waals surface area (Å²) >= 11 is 6.44. The lowest BCUT2D eigenvalue weighted by atomic mass is 9.98. The molecule has 2 aliphatic rings. The van der Waals surface area contributed by atoms with Crippen molar-refractivity contribution in [2.24, 2.45) is 5.41 Å². The quantitative estimate of drug-likeness (QED) is 0.0832. The van der Waals surface area contributed by atoms with Gasteiger partial charge in [0.15, 0.2) is 23.8 Å². The molecule has 1 unspecified atom stereocenters. The highest BCUT2D eigenvalue weighted by atomic mass is 35.5. The molecular formula is C34H42ClN4O11P. The number of carbonyl (C=O) groups is 2. The van der Waals surface area contributed by atoms with Crippen molar-refractivity contribution in [2.45, 2.75) is 90.1 Å². The van der Waals surface area contributed by atoms with E-state index in [2.05, 4.69) is 16.4 Å². The summed E-state index contributed by atoms with van der Waals surface area (Å²) in [7, 11) is -4.24. The average Bonchev–Trinajstić information content (AvgIpc) is 3.81. The third kappa shape index (κ3) is 9.20. The Labute approximate surface area is 300 Å². The lowest BCUT2D eigenvalue weighted by Gasteiger charge is -2.23. The Balaban J connectivity index is 1.26. The summed E-state index contributed by atoms with van der Waals surface area (Å²) in [6, 6.07) is 12.1. The molecule has 5 rings (SSSR count). The van der Waals surface area contributed by atoms with Gasteiger partial charge in [0.1, 0.15) is 41.3 Å². The molecule has 3 N–H and O–H groups in total. The number of nitrogens with one attached hydrogen (secondary N) is 1. The number of anilines is 1. The summed E-state index contributed by atoms with van der Waals surface area (Å²) in [6.45, 7) is 5.19. The van der Waals surface area contributed by atoms with E-state index in [-0.39, 0.29) is 29.1 Å². The number of pyridine rings is 1. The predicted molar refractivity (Wildman–Crippen MR) is 184 cm³/mol. The molecule has 1 aliphatic heterocycles. The first-order chi connectivity index (χ1) is 24.2. The SMILES string of the molecule is C[C@H](OP(=O)(COC[C@H]1O[C@@H](n2ccc3c(NC4CCCC4)c(C#N)c(Cl)nc32)[C@H](O)[C@@H]1O)Oc1ccccc1)C(=O)OCOC(=O)C(C)(C)C. The normalized spacial score (nSPS) is 22.6. The predicted octanol–water partition coefficient (Wildman–Crippen LogP) is 5.28. The second-order valence-corrected chi connectivity index (χ2v) is 15.7. The van der Waals surface area contributed by atoms with Gasteiger partial charge in [-0.1, -0.05) is 42.6 Å². The lowest BCUT2D eigenvalue weighted by Crippen LogP contribution is -2.34. The van der Waals surface area contributed by atoms with Gasteiger partial charge in [0, 0.05) is 17.6 Å². The highest BCUT2D eigenvalue weighted by Gasteiger charge is 2.45. The van der Waals surface area contributed by atoms with Crippen LogP contribution in [0.25, 0.3) is 11.0 Å². The Morgan fingerprint density at radius 1 is 1.16 bits per heavy atom. The maximum atomic E-state index is 13.9. The van der Waals surface area contributed by atoms with Crippen LogP contribution in [0.4, 0.5) is 5.69 Å². The number of aromatic nitrogens is 2. The molecule has 0 spiro atoms. The second kappa shape index (κ2) is 16.3. The molecule has 0 amide bonds. The van der Waals surface area contributed by atoms with Gasteiger partial charge in [0.25, 0.3) is 0 Å². The smallest absolute Gasteiger partial charge is 0.405 e. The van der Waals surface area contributed by atoms with E-state index in [1.807, 2.05) is 0 Å². The molecular weight excluding hydrogens is 707 g/mol. The summed E-state index contributed by atoms with van der Waals surface area (Å²) in [5.41, 5.74) is 0.282. The summed E-state index contributed by atoms with van der Waals surface area (Å²) in [5, 5.41) is 35.8. The highest BCUT2D eigenvalue weighted by Crippen LogP contribution is 2.50. The Kier molecular flexibility index (Phi) is 12.3. The number of para-hydroxylation sites is 1. The summed E-state index contributed by atoms with van der Waals surface area (Å²) in [5.74, 6) is -1.38. The van der Waals surface area contributed by atoms with Crippen molar-refractivity contribution in [1.82, 2.24) is 9.55 Å². The van der Waals surface area contributed by atoms with Crippen LogP contribution in [-0.4, -0.2) is 81.9 Å². The van der Waals surface area contributed by atoms with E-state index in [1.165, 1.54) is 23.6 Å². The summed E-state index contributed by atoms with van der Waals surface area (Å²) in [4.78, 5) is 29.0. The molecule has 1 saturated carbocycles. The number of carbonyl (C=O) groups excluding carboxylic acids is 2. The molecule has 6 atom stereocenters. The van der Waals surface area contributed by atoms with Crippen LogP contribution in [-0.2, 0) is 37.6 Å². The lowest BCUT2D eigenvalue weighted by molar-refractivity contribution is -0.177. The van der Waals surface area contributed by atoms with Crippen molar-refractivity contribution in [3.8, 4) is 11.8 Å². The summed E-state index contributed by atoms with van der Waals surface area (Å²) < 4.78 is 48.3. The number of hydrogen-bond donors (Lipinski definition) is 3. The van der Waals surface area contributed by atoms with Gasteiger partial charge in [-0.15, -0.1) is 0 Å². The zero-order chi connectivity index (χ0) is 36.9. The molecule has 1 aromatic carbocycles. The van der Waals surface area contributed by atoms with E-state index < -0.39 is 68.7 Å². The first kappa shape index (κ1) is 38.5. The molecule has 1 saturated heterocycles. The van der Waals surface area contributed by atoms with Crippen molar-refractivity contribution in [2.75, 3.05) is 25.1 Å². The van der Waals surface area contributed by atoms with Crippen LogP contribution in [0, 0.1) is 16.7 Å². The Bertz CT molecular complexity index is 1790. The van der Waals surface area contributed by atoms with E-state index in [0.717, 1.165) is 25.7 Å². The number of aliphatic hydroxyl groups excluding tert-OH is 2. The van der Waals surface area contributed by atoms with E-state index in [9.17, 15) is 29.6 Å². The Morgan fingerprint density at radius 2 is 1.86 bits per heavy atom. The van der Waals surface area contributed by atoms with Gasteiger partial charge in [-0.2, -0.15) is 5.26 Å². The molecule has 1 aliphatic carbocycles. The number of nitrogens with zero attached hydrogens (tertiary/aromatic N) is 3. The highest BCUT2D eigenvalue weighted by molar-refractivity contribution is 7.54. The van der Waals surface area contributed by atoms with Crippen LogP contribution >= 0.6 is 19.2 Å². The van der Waals surface area contributed by atoms with Gasteiger partial charge in [-0.3, -0.25) is 9.32 Å². The van der Waals surface area contributed by atoms with Crippen molar-refractivity contribution >= 4 is 47.9 Å². The molecule has 2 aromatic heterocycles. The monoisotopic (exact) mass is 748 g/mol. The molecule has 15 nitrogen and oxygen atoms in total. The number of rotatable bonds is 14. The number of halogens is 1. The molecule has 3 aromatic rings. The van der Waals surface area contributed by atoms with Crippen LogP contribution in [0.15, 0.2) is 42.6 Å². The van der Waals surface area contributed by atoms with Gasteiger partial charge in [-0.25, -0.2) is 14.3 Å². The number of ether oxygens (including phenoxy) is 4. The zero-order valence-corrected chi connectivity index (χ0v) is 30.3. The summed E-state index contributed by atoms with van der Waals surface area (Å²) in [6.07, 6.45) is -1.49. The molecule has 2 fully saturated rings. The maximum absolute atomic E-state index is 13.9. The molecule has 0 bridgehead atoms.